The van der Waals surface area contributed by atoms with Crippen LogP contribution in [0.3, 0.4) is 0 Å². The van der Waals surface area contributed by atoms with E-state index >= 15 is 0 Å². The van der Waals surface area contributed by atoms with Gasteiger partial charge in [-0.2, -0.15) is 0 Å². The number of aromatic nitrogens is 2. The van der Waals surface area contributed by atoms with Gasteiger partial charge in [-0.25, -0.2) is 9.78 Å². The Balaban J connectivity index is 1.41. The zero-order chi connectivity index (χ0) is 16.9. The molecular weight excluding hydrogens is 302 g/mol. The molecule has 1 unspecified atom stereocenters. The molecule has 1 aliphatic heterocycles. The van der Waals surface area contributed by atoms with Crippen LogP contribution in [0.4, 0.5) is 4.79 Å². The van der Waals surface area contributed by atoms with Crippen molar-refractivity contribution < 1.29 is 4.79 Å². The average Bonchev–Trinajstić information content (AvgIpc) is 3.41. The molecule has 2 aliphatic carbocycles. The first-order valence-electron chi connectivity index (χ1n) is 9.22. The van der Waals surface area contributed by atoms with Crippen LogP contribution >= 0.6 is 0 Å². The number of urea groups is 1. The topological polar surface area (TPSA) is 76.2 Å². The molecule has 1 aromatic rings. The van der Waals surface area contributed by atoms with Crippen molar-refractivity contribution in [1.82, 2.24) is 19.8 Å². The summed E-state index contributed by atoms with van der Waals surface area (Å²) in [4.78, 5) is 19.1. The van der Waals surface area contributed by atoms with E-state index in [2.05, 4.69) is 34.9 Å². The highest BCUT2D eigenvalue weighted by Crippen LogP contribution is 2.48. The molecule has 1 saturated heterocycles. The molecule has 0 aromatic carbocycles. The molecule has 2 heterocycles. The number of rotatable bonds is 6. The van der Waals surface area contributed by atoms with Gasteiger partial charge in [0.2, 0.25) is 0 Å². The van der Waals surface area contributed by atoms with E-state index in [1.165, 1.54) is 12.8 Å². The SMILES string of the molecule is CC1(C)CN(C(=O)NCCC2(N)CC2)C1c1nccn1CC1CC1. The van der Waals surface area contributed by atoms with Crippen molar-refractivity contribution in [2.45, 2.75) is 64.1 Å². The molecule has 2 amide bonds. The average molecular weight is 331 g/mol. The van der Waals surface area contributed by atoms with E-state index in [1.54, 1.807) is 0 Å². The van der Waals surface area contributed by atoms with Crippen LogP contribution < -0.4 is 11.1 Å². The smallest absolute Gasteiger partial charge is 0.318 e. The van der Waals surface area contributed by atoms with Crippen LogP contribution in [0.1, 0.15) is 57.8 Å². The van der Waals surface area contributed by atoms with Gasteiger partial charge in [0.05, 0.1) is 6.04 Å². The number of nitrogens with one attached hydrogen (secondary N) is 1. The van der Waals surface area contributed by atoms with Crippen molar-refractivity contribution in [3.8, 4) is 0 Å². The predicted molar refractivity (Wildman–Crippen MR) is 92.3 cm³/mol. The van der Waals surface area contributed by atoms with Gasteiger partial charge in [0.15, 0.2) is 0 Å². The molecule has 0 radical (unpaired) electrons. The number of nitrogens with two attached hydrogens (primary N) is 1. The van der Waals surface area contributed by atoms with Gasteiger partial charge < -0.3 is 20.5 Å². The van der Waals surface area contributed by atoms with Crippen molar-refractivity contribution in [3.63, 3.8) is 0 Å². The molecule has 4 rings (SSSR count). The number of amides is 2. The van der Waals surface area contributed by atoms with Crippen molar-refractivity contribution in [2.75, 3.05) is 13.1 Å². The zero-order valence-corrected chi connectivity index (χ0v) is 14.8. The van der Waals surface area contributed by atoms with Crippen LogP contribution in [0.15, 0.2) is 12.4 Å². The lowest BCUT2D eigenvalue weighted by Gasteiger charge is -2.53. The molecule has 0 spiro atoms. The summed E-state index contributed by atoms with van der Waals surface area (Å²) in [6.45, 7) is 6.91. The highest BCUT2D eigenvalue weighted by atomic mass is 16.2. The Kier molecular flexibility index (Phi) is 3.64. The molecule has 6 heteroatoms. The summed E-state index contributed by atoms with van der Waals surface area (Å²) >= 11 is 0. The molecule has 6 nitrogen and oxygen atoms in total. The van der Waals surface area contributed by atoms with Gasteiger partial charge in [-0.3, -0.25) is 0 Å². The fourth-order valence-corrected chi connectivity index (χ4v) is 3.84. The first-order valence-corrected chi connectivity index (χ1v) is 9.22. The Bertz CT molecular complexity index is 629. The fraction of sp³-hybridized carbons (Fsp3) is 0.778. The monoisotopic (exact) mass is 331 g/mol. The molecule has 3 aliphatic rings. The van der Waals surface area contributed by atoms with Gasteiger partial charge >= 0.3 is 6.03 Å². The molecule has 3 fully saturated rings. The van der Waals surface area contributed by atoms with Crippen molar-refractivity contribution in [2.24, 2.45) is 17.1 Å². The molecule has 1 aromatic heterocycles. The first kappa shape index (κ1) is 15.9. The molecule has 24 heavy (non-hydrogen) atoms. The summed E-state index contributed by atoms with van der Waals surface area (Å²) in [5, 5.41) is 3.05. The van der Waals surface area contributed by atoms with Crippen LogP contribution in [0.2, 0.25) is 0 Å². The van der Waals surface area contributed by atoms with Crippen LogP contribution in [0.5, 0.6) is 0 Å². The van der Waals surface area contributed by atoms with Gasteiger partial charge in [0, 0.05) is 43.0 Å². The van der Waals surface area contributed by atoms with E-state index in [-0.39, 0.29) is 23.0 Å². The second-order valence-electron chi connectivity index (χ2n) is 8.74. The van der Waals surface area contributed by atoms with Crippen molar-refractivity contribution >= 4 is 6.03 Å². The number of hydrogen-bond acceptors (Lipinski definition) is 3. The normalized spacial score (nSPS) is 26.8. The largest absolute Gasteiger partial charge is 0.338 e. The molecule has 3 N–H and O–H groups in total. The van der Waals surface area contributed by atoms with Gasteiger partial charge in [0.25, 0.3) is 0 Å². The maximum atomic E-state index is 12.6. The summed E-state index contributed by atoms with van der Waals surface area (Å²) in [7, 11) is 0. The van der Waals surface area contributed by atoms with E-state index in [0.717, 1.165) is 44.1 Å². The highest BCUT2D eigenvalue weighted by Gasteiger charge is 2.51. The Hall–Kier alpha value is -1.56. The number of likely N-dealkylation sites (tertiary alicyclic amines) is 1. The standard InChI is InChI=1S/C18H29N5O/c1-17(2)12-23(16(24)21-8-7-18(19)5-6-18)14(17)15-20-9-10-22(15)11-13-3-4-13/h9-10,13-14H,3-8,11-12,19H2,1-2H3,(H,21,24). The lowest BCUT2D eigenvalue weighted by molar-refractivity contribution is -0.0235. The quantitative estimate of drug-likeness (QED) is 0.839. The predicted octanol–water partition coefficient (Wildman–Crippen LogP) is 2.27. The van der Waals surface area contributed by atoms with Gasteiger partial charge in [-0.15, -0.1) is 0 Å². The molecule has 0 bridgehead atoms. The summed E-state index contributed by atoms with van der Waals surface area (Å²) in [6.07, 6.45) is 9.60. The van der Waals surface area contributed by atoms with E-state index in [1.807, 2.05) is 11.1 Å². The Labute approximate surface area is 143 Å². The number of carbonyl (C=O) groups excluding carboxylic acids is 1. The molecular formula is C18H29N5O. The number of nitrogens with zero attached hydrogens (tertiary/aromatic N) is 3. The van der Waals surface area contributed by atoms with Gasteiger partial charge in [-0.1, -0.05) is 13.8 Å². The zero-order valence-electron chi connectivity index (χ0n) is 14.8. The summed E-state index contributed by atoms with van der Waals surface area (Å²) < 4.78 is 2.25. The number of carbonyl (C=O) groups is 1. The second-order valence-corrected chi connectivity index (χ2v) is 8.74. The van der Waals surface area contributed by atoms with Crippen molar-refractivity contribution in [1.29, 1.82) is 0 Å². The van der Waals surface area contributed by atoms with E-state index in [0.29, 0.717) is 6.54 Å². The summed E-state index contributed by atoms with van der Waals surface area (Å²) in [5.41, 5.74) is 6.15. The minimum atomic E-state index is -0.0125. The van der Waals surface area contributed by atoms with E-state index < -0.39 is 0 Å². The maximum Gasteiger partial charge on any atom is 0.318 e. The summed E-state index contributed by atoms with van der Waals surface area (Å²) in [6, 6.07) is 0.0727. The minimum Gasteiger partial charge on any atom is -0.338 e. The Morgan fingerprint density at radius 2 is 2.17 bits per heavy atom. The van der Waals surface area contributed by atoms with E-state index in [4.69, 9.17) is 5.73 Å². The lowest BCUT2D eigenvalue weighted by atomic mass is 9.74. The minimum absolute atomic E-state index is 0.0125. The number of imidazole rings is 1. The van der Waals surface area contributed by atoms with Crippen LogP contribution in [0.25, 0.3) is 0 Å². The highest BCUT2D eigenvalue weighted by molar-refractivity contribution is 5.76. The van der Waals surface area contributed by atoms with Crippen LogP contribution in [0, 0.1) is 11.3 Å². The Morgan fingerprint density at radius 3 is 2.79 bits per heavy atom. The van der Waals surface area contributed by atoms with Gasteiger partial charge in [0.1, 0.15) is 5.82 Å². The van der Waals surface area contributed by atoms with Crippen molar-refractivity contribution in [3.05, 3.63) is 18.2 Å². The first-order chi connectivity index (χ1) is 11.4. The summed E-state index contributed by atoms with van der Waals surface area (Å²) in [5.74, 6) is 1.83. The van der Waals surface area contributed by atoms with Crippen LogP contribution in [-0.2, 0) is 6.54 Å². The number of hydrogen-bond donors (Lipinski definition) is 2. The third-order valence-electron chi connectivity index (χ3n) is 5.83. The fourth-order valence-electron chi connectivity index (χ4n) is 3.84. The third kappa shape index (κ3) is 3.04. The van der Waals surface area contributed by atoms with E-state index in [9.17, 15) is 4.79 Å². The van der Waals surface area contributed by atoms with Crippen LogP contribution in [-0.4, -0.2) is 39.1 Å². The lowest BCUT2D eigenvalue weighted by Crippen LogP contribution is -2.61. The van der Waals surface area contributed by atoms with Gasteiger partial charge in [-0.05, 0) is 38.0 Å². The molecule has 132 valence electrons. The Morgan fingerprint density at radius 1 is 1.42 bits per heavy atom. The molecule has 2 saturated carbocycles. The molecule has 1 atom stereocenters. The maximum absolute atomic E-state index is 12.6. The second kappa shape index (κ2) is 5.48. The third-order valence-corrected chi connectivity index (χ3v) is 5.83.